The molecule has 2 aliphatic rings. The van der Waals surface area contributed by atoms with Gasteiger partial charge >= 0.3 is 0 Å². The lowest BCUT2D eigenvalue weighted by molar-refractivity contribution is 0.242. The Bertz CT molecular complexity index is 1420. The summed E-state index contributed by atoms with van der Waals surface area (Å²) in [6.07, 6.45) is 4.84. The van der Waals surface area contributed by atoms with Gasteiger partial charge in [0.1, 0.15) is 24.6 Å². The van der Waals surface area contributed by atoms with Gasteiger partial charge in [0.05, 0.1) is 28.1 Å². The number of halogens is 2. The van der Waals surface area contributed by atoms with E-state index in [9.17, 15) is 13.9 Å². The molecule has 2 bridgehead atoms. The van der Waals surface area contributed by atoms with Crippen LogP contribution in [0.3, 0.4) is 0 Å². The number of benzene rings is 1. The Balaban J connectivity index is 1.51. The molecule has 34 heavy (non-hydrogen) atoms. The van der Waals surface area contributed by atoms with Crippen LogP contribution in [-0.4, -0.2) is 40.0 Å². The number of aliphatic hydroxyl groups is 1. The predicted molar refractivity (Wildman–Crippen MR) is 117 cm³/mol. The van der Waals surface area contributed by atoms with E-state index in [4.69, 9.17) is 4.98 Å². The second-order valence-corrected chi connectivity index (χ2v) is 9.35. The highest BCUT2D eigenvalue weighted by Gasteiger charge is 2.65. The highest BCUT2D eigenvalue weighted by molar-refractivity contribution is 5.64. The molecule has 10 heteroatoms. The van der Waals surface area contributed by atoms with Gasteiger partial charge < -0.3 is 5.11 Å². The van der Waals surface area contributed by atoms with E-state index in [1.54, 1.807) is 12.3 Å². The van der Waals surface area contributed by atoms with Crippen molar-refractivity contribution in [3.8, 4) is 17.2 Å². The number of rotatable bonds is 4. The molecule has 2 aliphatic carbocycles. The van der Waals surface area contributed by atoms with Gasteiger partial charge in [0.2, 0.25) is 0 Å². The molecule has 8 nitrogen and oxygen atoms in total. The predicted octanol–water partition coefficient (Wildman–Crippen LogP) is 3.49. The van der Waals surface area contributed by atoms with Crippen LogP contribution < -0.4 is 0 Å². The number of fused-ring (bicyclic) bond motifs is 5. The molecule has 1 N–H and O–H groups in total. The van der Waals surface area contributed by atoms with Crippen LogP contribution in [0.5, 0.6) is 0 Å². The van der Waals surface area contributed by atoms with E-state index in [0.29, 0.717) is 5.95 Å². The van der Waals surface area contributed by atoms with Crippen LogP contribution in [0.25, 0.3) is 17.2 Å². The number of hydrogen-bond donors (Lipinski definition) is 1. The van der Waals surface area contributed by atoms with E-state index in [2.05, 4.69) is 39.1 Å². The highest BCUT2D eigenvalue weighted by atomic mass is 19.1. The third kappa shape index (κ3) is 2.65. The van der Waals surface area contributed by atoms with Gasteiger partial charge in [-0.15, -0.1) is 10.2 Å². The van der Waals surface area contributed by atoms with Gasteiger partial charge in [0.15, 0.2) is 5.82 Å². The Morgan fingerprint density at radius 3 is 2.65 bits per heavy atom. The first-order valence-corrected chi connectivity index (χ1v) is 11.0. The number of nitrogens with zero attached hydrogens (tertiary/aromatic N) is 7. The van der Waals surface area contributed by atoms with E-state index in [-0.39, 0.29) is 35.0 Å². The summed E-state index contributed by atoms with van der Waals surface area (Å²) in [5, 5.41) is 22.3. The fraction of sp³-hybridized carbons (Fsp3) is 0.333. The lowest BCUT2D eigenvalue weighted by Gasteiger charge is -2.37. The summed E-state index contributed by atoms with van der Waals surface area (Å²) >= 11 is 0. The summed E-state index contributed by atoms with van der Waals surface area (Å²) in [6, 6.07) is 7.43. The first kappa shape index (κ1) is 20.9. The molecule has 4 aromatic rings. The zero-order valence-electron chi connectivity index (χ0n) is 18.6. The van der Waals surface area contributed by atoms with Crippen molar-refractivity contribution in [3.63, 3.8) is 0 Å². The van der Waals surface area contributed by atoms with Gasteiger partial charge in [-0.05, 0) is 54.0 Å². The van der Waals surface area contributed by atoms with Crippen LogP contribution in [0.1, 0.15) is 55.4 Å². The number of aliphatic hydroxyl groups excluding tert-OH is 1. The first-order chi connectivity index (χ1) is 16.4. The Labute approximate surface area is 193 Å². The molecule has 1 aromatic carbocycles. The molecule has 3 heterocycles. The average Bonchev–Trinajstić information content (AvgIpc) is 3.47. The monoisotopic (exact) mass is 461 g/mol. The summed E-state index contributed by atoms with van der Waals surface area (Å²) in [4.78, 5) is 13.2. The Hall–Kier alpha value is -3.66. The molecular formula is C24H21F2N7O. The smallest absolute Gasteiger partial charge is 0.252 e. The van der Waals surface area contributed by atoms with Gasteiger partial charge in [0.25, 0.3) is 5.95 Å². The molecule has 3 aromatic heterocycles. The zero-order chi connectivity index (χ0) is 23.7. The minimum Gasteiger partial charge on any atom is -0.388 e. The molecule has 172 valence electrons. The topological polar surface area (TPSA) is 102 Å². The van der Waals surface area contributed by atoms with E-state index in [0.717, 1.165) is 29.8 Å². The minimum absolute atomic E-state index is 0.136. The molecular weight excluding hydrogens is 440 g/mol. The first-order valence-electron chi connectivity index (χ1n) is 11.0. The molecule has 0 aliphatic heterocycles. The van der Waals surface area contributed by atoms with Crippen molar-refractivity contribution in [3.05, 3.63) is 77.3 Å². The van der Waals surface area contributed by atoms with Gasteiger partial charge in [0, 0.05) is 6.20 Å². The summed E-state index contributed by atoms with van der Waals surface area (Å²) in [5.41, 5.74) is 1.74. The second kappa shape index (κ2) is 7.17. The van der Waals surface area contributed by atoms with E-state index < -0.39 is 17.0 Å². The van der Waals surface area contributed by atoms with Crippen molar-refractivity contribution < 1.29 is 13.9 Å². The van der Waals surface area contributed by atoms with Crippen LogP contribution in [0.15, 0.2) is 42.9 Å². The normalized spacial score (nSPS) is 22.2. The molecule has 0 radical (unpaired) electrons. The second-order valence-electron chi connectivity index (χ2n) is 9.35. The fourth-order valence-electron chi connectivity index (χ4n) is 5.92. The Morgan fingerprint density at radius 1 is 1.12 bits per heavy atom. The number of hydrogen-bond acceptors (Lipinski definition) is 7. The summed E-state index contributed by atoms with van der Waals surface area (Å²) < 4.78 is 30.3. The van der Waals surface area contributed by atoms with Crippen LogP contribution in [0, 0.1) is 17.0 Å². The molecule has 1 fully saturated rings. The summed E-state index contributed by atoms with van der Waals surface area (Å²) in [5.74, 6) is -0.579. The minimum atomic E-state index is -0.665. The van der Waals surface area contributed by atoms with Crippen molar-refractivity contribution in [2.24, 2.45) is 5.41 Å². The van der Waals surface area contributed by atoms with E-state index in [1.807, 2.05) is 6.07 Å². The van der Waals surface area contributed by atoms with Crippen molar-refractivity contribution in [1.29, 1.82) is 0 Å². The van der Waals surface area contributed by atoms with Crippen LogP contribution in [0.4, 0.5) is 8.78 Å². The van der Waals surface area contributed by atoms with Crippen LogP contribution >= 0.6 is 0 Å². The maximum atomic E-state index is 14.4. The van der Waals surface area contributed by atoms with Gasteiger partial charge in [-0.25, -0.2) is 23.7 Å². The quantitative estimate of drug-likeness (QED) is 0.496. The lowest BCUT2D eigenvalue weighted by Crippen LogP contribution is -2.38. The van der Waals surface area contributed by atoms with Crippen molar-refractivity contribution in [1.82, 2.24) is 34.9 Å². The fourth-order valence-corrected chi connectivity index (χ4v) is 5.92. The molecule has 0 saturated heterocycles. The lowest BCUT2D eigenvalue weighted by atomic mass is 9.66. The molecule has 0 amide bonds. The molecule has 0 spiro atoms. The Kier molecular flexibility index (Phi) is 4.41. The van der Waals surface area contributed by atoms with Gasteiger partial charge in [-0.3, -0.25) is 0 Å². The number of aromatic nitrogens is 7. The van der Waals surface area contributed by atoms with Crippen molar-refractivity contribution in [2.75, 3.05) is 0 Å². The summed E-state index contributed by atoms with van der Waals surface area (Å²) in [7, 11) is 0. The summed E-state index contributed by atoms with van der Waals surface area (Å²) in [6.45, 7) is 4.08. The highest BCUT2D eigenvalue weighted by Crippen LogP contribution is 2.69. The molecule has 1 saturated carbocycles. The van der Waals surface area contributed by atoms with Crippen molar-refractivity contribution in [2.45, 2.75) is 44.6 Å². The van der Waals surface area contributed by atoms with Crippen LogP contribution in [0.2, 0.25) is 0 Å². The maximum absolute atomic E-state index is 14.4. The maximum Gasteiger partial charge on any atom is 0.252 e. The third-order valence-electron chi connectivity index (χ3n) is 7.57. The van der Waals surface area contributed by atoms with E-state index in [1.165, 1.54) is 29.2 Å². The molecule has 6 rings (SSSR count). The third-order valence-corrected chi connectivity index (χ3v) is 7.57. The Morgan fingerprint density at radius 2 is 1.91 bits per heavy atom. The van der Waals surface area contributed by atoms with Crippen molar-refractivity contribution >= 4 is 0 Å². The van der Waals surface area contributed by atoms with Gasteiger partial charge in [-0.2, -0.15) is 9.78 Å². The van der Waals surface area contributed by atoms with Crippen LogP contribution in [-0.2, 0) is 12.0 Å². The zero-order valence-corrected chi connectivity index (χ0v) is 18.6. The average molecular weight is 461 g/mol. The van der Waals surface area contributed by atoms with Gasteiger partial charge in [-0.1, -0.05) is 19.9 Å². The SMILES string of the molecule is CC1(C)[C@H]2CC[C@]1(c1ccnc(-n3cnc(CO)n3)n1)c1nnc(-c3c(F)cccc3F)cc12. The standard InChI is InChI=1S/C24H21F2N7O/c1-23(2)14-6-8-24(23,18-7-9-27-22(29-18)33-12-28-19(11-34)32-33)21-13(14)10-17(30-31-21)20-15(25)4-3-5-16(20)26/h3-5,7,9-10,12,14,34H,6,8,11H2,1-2H3/t14-,24-/m0/s1. The van der Waals surface area contributed by atoms with E-state index >= 15 is 0 Å². The molecule has 0 unspecified atom stereocenters. The molecule has 2 atom stereocenters. The largest absolute Gasteiger partial charge is 0.388 e.